The smallest absolute Gasteiger partial charge is 0.254 e. The number of carbonyl (C=O) groups is 1. The summed E-state index contributed by atoms with van der Waals surface area (Å²) in [4.78, 5) is 36.5. The van der Waals surface area contributed by atoms with Gasteiger partial charge in [0.2, 0.25) is 5.91 Å². The van der Waals surface area contributed by atoms with Gasteiger partial charge < -0.3 is 14.6 Å². The molecule has 2 fully saturated rings. The summed E-state index contributed by atoms with van der Waals surface area (Å²) in [5.74, 6) is 2.28. The number of fused-ring (bicyclic) bond motifs is 1. The molecule has 4 rings (SSSR count). The first-order valence-corrected chi connectivity index (χ1v) is 10.1. The van der Waals surface area contributed by atoms with Gasteiger partial charge in [0.25, 0.3) is 5.56 Å². The average Bonchev–Trinajstić information content (AvgIpc) is 3.21. The number of ether oxygens (including phenoxy) is 1. The van der Waals surface area contributed by atoms with E-state index in [1.807, 2.05) is 17.0 Å². The summed E-state index contributed by atoms with van der Waals surface area (Å²) in [6.07, 6.45) is 0.108. The number of rotatable bonds is 4. The largest absolute Gasteiger partial charge is 0.497 e. The lowest BCUT2D eigenvalue weighted by Gasteiger charge is -2.27. The maximum atomic E-state index is 13.0. The van der Waals surface area contributed by atoms with Gasteiger partial charge >= 0.3 is 0 Å². The quantitative estimate of drug-likeness (QED) is 0.800. The number of likely N-dealkylation sites (tertiary alicyclic amines) is 2. The van der Waals surface area contributed by atoms with E-state index in [1.165, 1.54) is 5.56 Å². The van der Waals surface area contributed by atoms with E-state index in [2.05, 4.69) is 34.0 Å². The molecule has 30 heavy (non-hydrogen) atoms. The summed E-state index contributed by atoms with van der Waals surface area (Å²) in [6, 6.07) is 8.51. The van der Waals surface area contributed by atoms with Gasteiger partial charge in [0.05, 0.1) is 13.5 Å². The number of H-pyrrole nitrogens is 1. The zero-order chi connectivity index (χ0) is 20.7. The van der Waals surface area contributed by atoms with Crippen LogP contribution in [0.4, 0.5) is 0 Å². The summed E-state index contributed by atoms with van der Waals surface area (Å²) >= 11 is 0. The van der Waals surface area contributed by atoms with Gasteiger partial charge in [-0.2, -0.15) is 0 Å². The molecule has 7 nitrogen and oxygen atoms in total. The third-order valence-electron chi connectivity index (χ3n) is 6.37. The van der Waals surface area contributed by atoms with E-state index in [1.54, 1.807) is 21.0 Å². The van der Waals surface area contributed by atoms with E-state index in [0.717, 1.165) is 25.4 Å². The summed E-state index contributed by atoms with van der Waals surface area (Å²) in [5, 5.41) is 0. The van der Waals surface area contributed by atoms with Crippen LogP contribution in [0.15, 0.2) is 29.1 Å². The molecule has 0 saturated carbocycles. The molecule has 3 atom stereocenters. The minimum absolute atomic E-state index is 0. The second-order valence-corrected chi connectivity index (χ2v) is 8.27. The molecule has 0 radical (unpaired) electrons. The van der Waals surface area contributed by atoms with Crippen molar-refractivity contribution in [1.29, 1.82) is 0 Å². The molecule has 2 aliphatic heterocycles. The molecule has 0 spiro atoms. The van der Waals surface area contributed by atoms with Gasteiger partial charge in [-0.05, 0) is 44.5 Å². The van der Waals surface area contributed by atoms with E-state index in [4.69, 9.17) is 4.74 Å². The molecule has 1 aromatic heterocycles. The fraction of sp³-hybridized carbons (Fsp3) is 0.500. The highest BCUT2D eigenvalue weighted by Gasteiger charge is 2.47. The molecule has 2 aromatic rings. The Kier molecular flexibility index (Phi) is 6.53. The lowest BCUT2D eigenvalue weighted by atomic mass is 9.89. The number of methoxy groups -OCH3 is 1. The van der Waals surface area contributed by atoms with Gasteiger partial charge in [0.1, 0.15) is 11.6 Å². The molecule has 2 aliphatic rings. The summed E-state index contributed by atoms with van der Waals surface area (Å²) in [5.41, 5.74) is 2.15. The molecule has 8 heteroatoms. The fourth-order valence-electron chi connectivity index (χ4n) is 4.99. The van der Waals surface area contributed by atoms with Crippen LogP contribution in [0.5, 0.6) is 5.75 Å². The second-order valence-electron chi connectivity index (χ2n) is 8.27. The summed E-state index contributed by atoms with van der Waals surface area (Å²) < 4.78 is 5.28. The minimum atomic E-state index is -0.210. The Balaban J connectivity index is 0.00000256. The highest BCUT2D eigenvalue weighted by atomic mass is 35.5. The van der Waals surface area contributed by atoms with Crippen molar-refractivity contribution in [2.75, 3.05) is 33.8 Å². The van der Waals surface area contributed by atoms with Crippen LogP contribution in [0.2, 0.25) is 0 Å². The molecule has 1 aromatic carbocycles. The van der Waals surface area contributed by atoms with Crippen molar-refractivity contribution in [2.24, 2.45) is 11.8 Å². The van der Waals surface area contributed by atoms with Crippen LogP contribution >= 0.6 is 12.4 Å². The van der Waals surface area contributed by atoms with Crippen LogP contribution in [0.1, 0.15) is 28.7 Å². The highest BCUT2D eigenvalue weighted by Crippen LogP contribution is 2.44. The number of benzene rings is 1. The van der Waals surface area contributed by atoms with Crippen molar-refractivity contribution < 1.29 is 9.53 Å². The monoisotopic (exact) mass is 432 g/mol. The molecule has 1 N–H and O–H groups in total. The van der Waals surface area contributed by atoms with Crippen molar-refractivity contribution in [3.8, 4) is 5.75 Å². The first kappa shape index (κ1) is 22.3. The Morgan fingerprint density at radius 2 is 1.90 bits per heavy atom. The number of aryl methyl sites for hydroxylation is 2. The van der Waals surface area contributed by atoms with Crippen LogP contribution in [0, 0.1) is 25.7 Å². The van der Waals surface area contributed by atoms with Crippen molar-refractivity contribution in [2.45, 2.75) is 26.3 Å². The number of hydrogen-bond donors (Lipinski definition) is 1. The first-order valence-electron chi connectivity index (χ1n) is 10.1. The van der Waals surface area contributed by atoms with Gasteiger partial charge in [0, 0.05) is 42.9 Å². The van der Waals surface area contributed by atoms with Crippen LogP contribution in [0.25, 0.3) is 0 Å². The molecular weight excluding hydrogens is 404 g/mol. The van der Waals surface area contributed by atoms with Gasteiger partial charge in [-0.25, -0.2) is 4.98 Å². The molecule has 162 valence electrons. The molecule has 2 saturated heterocycles. The molecular formula is C22H29ClN4O3. The van der Waals surface area contributed by atoms with E-state index < -0.39 is 0 Å². The zero-order valence-electron chi connectivity index (χ0n) is 17.8. The first-order chi connectivity index (χ1) is 13.9. The standard InChI is InChI=1S/C22H28N4O3.ClH/c1-13-18(22(28)24-14(2)23-13)9-20(27)26-11-16-10-25(3)21(19(16)12-26)15-5-7-17(29-4)8-6-15;/h5-8,16,19,21H,9-12H2,1-4H3,(H,23,24,28);1H/t16-,19+,21-;/m0./s1. The third-order valence-corrected chi connectivity index (χ3v) is 6.37. The minimum Gasteiger partial charge on any atom is -0.497 e. The summed E-state index contributed by atoms with van der Waals surface area (Å²) in [7, 11) is 3.82. The lowest BCUT2D eigenvalue weighted by Crippen LogP contribution is -2.35. The van der Waals surface area contributed by atoms with Gasteiger partial charge in [-0.1, -0.05) is 12.1 Å². The van der Waals surface area contributed by atoms with Gasteiger partial charge in [0.15, 0.2) is 0 Å². The SMILES string of the molecule is COc1ccc([C@H]2[C@@H]3CN(C(=O)Cc4c(C)nc(C)[nH]c4=O)C[C@@H]3CN2C)cc1.Cl. The van der Waals surface area contributed by atoms with E-state index in [0.29, 0.717) is 28.9 Å². The highest BCUT2D eigenvalue weighted by molar-refractivity contribution is 5.85. The molecule has 0 unspecified atom stereocenters. The molecule has 3 heterocycles. The van der Waals surface area contributed by atoms with Gasteiger partial charge in [-0.15, -0.1) is 12.4 Å². The number of aromatic amines is 1. The van der Waals surface area contributed by atoms with Crippen molar-refractivity contribution in [3.05, 3.63) is 57.3 Å². The molecule has 1 amide bonds. The normalized spacial score (nSPS) is 23.2. The fourth-order valence-corrected chi connectivity index (χ4v) is 4.99. The van der Waals surface area contributed by atoms with Crippen LogP contribution in [-0.2, 0) is 11.2 Å². The molecule has 0 aliphatic carbocycles. The number of aromatic nitrogens is 2. The number of amides is 1. The van der Waals surface area contributed by atoms with E-state index >= 15 is 0 Å². The number of hydrogen-bond acceptors (Lipinski definition) is 5. The lowest BCUT2D eigenvalue weighted by molar-refractivity contribution is -0.129. The number of nitrogens with one attached hydrogen (secondary N) is 1. The van der Waals surface area contributed by atoms with E-state index in [9.17, 15) is 9.59 Å². The number of halogens is 1. The Hall–Kier alpha value is -2.38. The summed E-state index contributed by atoms with van der Waals surface area (Å²) in [6.45, 7) is 5.98. The average molecular weight is 433 g/mol. The van der Waals surface area contributed by atoms with Crippen LogP contribution in [-0.4, -0.2) is 59.5 Å². The van der Waals surface area contributed by atoms with Crippen LogP contribution in [0.3, 0.4) is 0 Å². The van der Waals surface area contributed by atoms with Gasteiger partial charge in [-0.3, -0.25) is 14.5 Å². The Labute approximate surface area is 182 Å². The maximum absolute atomic E-state index is 13.0. The van der Waals surface area contributed by atoms with E-state index in [-0.39, 0.29) is 36.3 Å². The topological polar surface area (TPSA) is 78.5 Å². The predicted octanol–water partition coefficient (Wildman–Crippen LogP) is 2.12. The Bertz CT molecular complexity index is 975. The number of carbonyl (C=O) groups excluding carboxylic acids is 1. The predicted molar refractivity (Wildman–Crippen MR) is 117 cm³/mol. The Morgan fingerprint density at radius 3 is 2.53 bits per heavy atom. The second kappa shape index (κ2) is 8.78. The van der Waals surface area contributed by atoms with Crippen molar-refractivity contribution >= 4 is 18.3 Å². The third kappa shape index (κ3) is 4.09. The maximum Gasteiger partial charge on any atom is 0.254 e. The Morgan fingerprint density at radius 1 is 1.20 bits per heavy atom. The van der Waals surface area contributed by atoms with Crippen molar-refractivity contribution in [3.63, 3.8) is 0 Å². The molecule has 0 bridgehead atoms. The van der Waals surface area contributed by atoms with Crippen molar-refractivity contribution in [1.82, 2.24) is 19.8 Å². The van der Waals surface area contributed by atoms with Crippen LogP contribution < -0.4 is 10.3 Å². The zero-order valence-corrected chi connectivity index (χ0v) is 18.7. The number of nitrogens with zero attached hydrogens (tertiary/aromatic N) is 3.